The fourth-order valence-electron chi connectivity index (χ4n) is 5.71. The lowest BCUT2D eigenvalue weighted by Crippen LogP contribution is -2.40. The lowest BCUT2D eigenvalue weighted by atomic mass is 9.85. The van der Waals surface area contributed by atoms with E-state index >= 15 is 0 Å². The van der Waals surface area contributed by atoms with Crippen molar-refractivity contribution in [1.82, 2.24) is 20.4 Å². The zero-order valence-electron chi connectivity index (χ0n) is 21.1. The van der Waals surface area contributed by atoms with Gasteiger partial charge in [0.1, 0.15) is 17.1 Å². The summed E-state index contributed by atoms with van der Waals surface area (Å²) >= 11 is 0. The monoisotopic (exact) mass is 509 g/mol. The number of nitrogens with zero attached hydrogens (tertiary/aromatic N) is 3. The molecule has 1 aliphatic heterocycles. The molecule has 1 aliphatic carbocycles. The molecule has 1 saturated carbocycles. The molecule has 2 amide bonds. The first-order valence-electron chi connectivity index (χ1n) is 12.7. The van der Waals surface area contributed by atoms with Gasteiger partial charge in [-0.1, -0.05) is 0 Å². The molecule has 2 fully saturated rings. The molecule has 1 atom stereocenters. The molecule has 196 valence electrons. The molecule has 2 aliphatic rings. The van der Waals surface area contributed by atoms with E-state index in [1.54, 1.807) is 23.9 Å². The highest BCUT2D eigenvalue weighted by Crippen LogP contribution is 2.42. The summed E-state index contributed by atoms with van der Waals surface area (Å²) < 4.78 is 21.5. The van der Waals surface area contributed by atoms with E-state index in [4.69, 9.17) is 9.57 Å². The number of methoxy groups -OCH3 is 1. The second kappa shape index (κ2) is 10.8. The number of fused-ring (bicyclic) bond motifs is 1. The standard InChI is InChI=1S/C27H32FN5O4/c1-36-24-12-9-18(28)15-20(24)22-5-3-13-32(22)23-6-4-14-33-25(23)21(16-29-33)27(35)30-19-10-7-17(8-11-19)26(34)31-37-2/h4,6,9,12,14-17,19,22H,3,5,7-8,10-11,13H2,1-2H3,(H,30,35)(H,31,34)/t17-,19-,22-/m1/s1. The van der Waals surface area contributed by atoms with Crippen LogP contribution in [0.2, 0.25) is 0 Å². The third kappa shape index (κ3) is 4.98. The molecule has 10 heteroatoms. The average molecular weight is 510 g/mol. The number of carbonyl (C=O) groups excluding carboxylic acids is 2. The molecule has 9 nitrogen and oxygen atoms in total. The Morgan fingerprint density at radius 1 is 1.11 bits per heavy atom. The number of rotatable bonds is 7. The number of halogens is 1. The molecule has 3 aromatic rings. The fourth-order valence-corrected chi connectivity index (χ4v) is 5.71. The number of nitrogens with one attached hydrogen (secondary N) is 2. The number of aromatic nitrogens is 2. The summed E-state index contributed by atoms with van der Waals surface area (Å²) in [6.07, 6.45) is 8.00. The second-order valence-corrected chi connectivity index (χ2v) is 9.67. The lowest BCUT2D eigenvalue weighted by Gasteiger charge is -2.29. The number of anilines is 1. The zero-order chi connectivity index (χ0) is 25.9. The van der Waals surface area contributed by atoms with Crippen LogP contribution < -0.4 is 20.4 Å². The Morgan fingerprint density at radius 2 is 1.92 bits per heavy atom. The highest BCUT2D eigenvalue weighted by molar-refractivity contribution is 6.04. The first-order chi connectivity index (χ1) is 18.0. The van der Waals surface area contributed by atoms with E-state index in [1.165, 1.54) is 19.2 Å². The Morgan fingerprint density at radius 3 is 2.68 bits per heavy atom. The predicted octanol–water partition coefficient (Wildman–Crippen LogP) is 3.79. The molecule has 1 aromatic carbocycles. The molecular weight excluding hydrogens is 477 g/mol. The van der Waals surface area contributed by atoms with Crippen LogP contribution in [-0.4, -0.2) is 48.2 Å². The second-order valence-electron chi connectivity index (χ2n) is 9.67. The number of carbonyl (C=O) groups is 2. The van der Waals surface area contributed by atoms with E-state index in [0.29, 0.717) is 37.0 Å². The van der Waals surface area contributed by atoms with Gasteiger partial charge in [0.15, 0.2) is 0 Å². The van der Waals surface area contributed by atoms with Gasteiger partial charge >= 0.3 is 0 Å². The van der Waals surface area contributed by atoms with Gasteiger partial charge in [-0.2, -0.15) is 5.10 Å². The topological polar surface area (TPSA) is 97.2 Å². The molecule has 2 N–H and O–H groups in total. The molecule has 0 spiro atoms. The maximum absolute atomic E-state index is 14.2. The van der Waals surface area contributed by atoms with Crippen molar-refractivity contribution in [3.8, 4) is 5.75 Å². The minimum atomic E-state index is -0.306. The molecule has 2 aromatic heterocycles. The van der Waals surface area contributed by atoms with Crippen LogP contribution in [0, 0.1) is 11.7 Å². The summed E-state index contributed by atoms with van der Waals surface area (Å²) in [6, 6.07) is 8.38. The first-order valence-corrected chi connectivity index (χ1v) is 12.7. The van der Waals surface area contributed by atoms with Crippen molar-refractivity contribution in [3.63, 3.8) is 0 Å². The van der Waals surface area contributed by atoms with Crippen molar-refractivity contribution >= 4 is 23.0 Å². The van der Waals surface area contributed by atoms with Gasteiger partial charge in [0, 0.05) is 30.3 Å². The van der Waals surface area contributed by atoms with Crippen LogP contribution in [0.5, 0.6) is 5.75 Å². The highest BCUT2D eigenvalue weighted by Gasteiger charge is 2.32. The molecule has 0 bridgehead atoms. The van der Waals surface area contributed by atoms with Gasteiger partial charge in [-0.3, -0.25) is 14.4 Å². The van der Waals surface area contributed by atoms with Crippen LogP contribution in [0.15, 0.2) is 42.7 Å². The van der Waals surface area contributed by atoms with E-state index in [9.17, 15) is 14.0 Å². The quantitative estimate of drug-likeness (QED) is 0.471. The molecule has 37 heavy (non-hydrogen) atoms. The van der Waals surface area contributed by atoms with E-state index in [0.717, 1.165) is 36.2 Å². The third-order valence-corrected chi connectivity index (χ3v) is 7.51. The third-order valence-electron chi connectivity index (χ3n) is 7.51. The van der Waals surface area contributed by atoms with Gasteiger partial charge in [-0.25, -0.2) is 14.4 Å². The van der Waals surface area contributed by atoms with Gasteiger partial charge in [0.25, 0.3) is 5.91 Å². The average Bonchev–Trinajstić information content (AvgIpc) is 3.57. The lowest BCUT2D eigenvalue weighted by molar-refractivity contribution is -0.136. The van der Waals surface area contributed by atoms with Gasteiger partial charge in [0.2, 0.25) is 5.91 Å². The first kappa shape index (κ1) is 25.0. The molecule has 1 saturated heterocycles. The SMILES string of the molecule is CONC(=O)[C@H]1CC[C@H](NC(=O)c2cnn3cccc(N4CCC[C@@H]4c4cc(F)ccc4OC)c23)CC1. The number of amides is 2. The Bertz CT molecular complexity index is 1290. The van der Waals surface area contributed by atoms with E-state index < -0.39 is 0 Å². The summed E-state index contributed by atoms with van der Waals surface area (Å²) in [5.74, 6) is -0.0734. The maximum atomic E-state index is 14.2. The number of hydrogen-bond acceptors (Lipinski definition) is 6. The van der Waals surface area contributed by atoms with Crippen molar-refractivity contribution < 1.29 is 23.6 Å². The normalized spacial score (nSPS) is 21.7. The number of hydroxylamine groups is 1. The van der Waals surface area contributed by atoms with Crippen molar-refractivity contribution in [2.75, 3.05) is 25.7 Å². The maximum Gasteiger partial charge on any atom is 0.255 e. The van der Waals surface area contributed by atoms with Crippen molar-refractivity contribution in [2.45, 2.75) is 50.6 Å². The van der Waals surface area contributed by atoms with Crippen LogP contribution in [0.1, 0.15) is 60.5 Å². The predicted molar refractivity (Wildman–Crippen MR) is 136 cm³/mol. The van der Waals surface area contributed by atoms with Crippen LogP contribution in [0.4, 0.5) is 10.1 Å². The van der Waals surface area contributed by atoms with E-state index in [1.807, 2.05) is 18.3 Å². The largest absolute Gasteiger partial charge is 0.496 e. The Hall–Kier alpha value is -3.66. The van der Waals surface area contributed by atoms with Crippen molar-refractivity contribution in [1.29, 1.82) is 0 Å². The smallest absolute Gasteiger partial charge is 0.255 e. The molecule has 5 rings (SSSR count). The van der Waals surface area contributed by atoms with Crippen LogP contribution in [-0.2, 0) is 9.63 Å². The number of pyridine rings is 1. The van der Waals surface area contributed by atoms with Crippen LogP contribution >= 0.6 is 0 Å². The zero-order valence-corrected chi connectivity index (χ0v) is 21.1. The molecule has 3 heterocycles. The highest BCUT2D eigenvalue weighted by atomic mass is 19.1. The Kier molecular flexibility index (Phi) is 7.27. The summed E-state index contributed by atoms with van der Waals surface area (Å²) in [4.78, 5) is 32.4. The van der Waals surface area contributed by atoms with Crippen molar-refractivity contribution in [2.24, 2.45) is 5.92 Å². The summed E-state index contributed by atoms with van der Waals surface area (Å²) in [7, 11) is 3.01. The van der Waals surface area contributed by atoms with E-state index in [2.05, 4.69) is 20.8 Å². The Balaban J connectivity index is 1.39. The summed E-state index contributed by atoms with van der Waals surface area (Å²) in [5, 5.41) is 7.59. The van der Waals surface area contributed by atoms with Gasteiger partial charge < -0.3 is 15.0 Å². The molecule has 0 unspecified atom stereocenters. The van der Waals surface area contributed by atoms with Gasteiger partial charge in [-0.15, -0.1) is 0 Å². The minimum Gasteiger partial charge on any atom is -0.496 e. The fraction of sp³-hybridized carbons (Fsp3) is 0.444. The Labute approximate surface area is 214 Å². The molecular formula is C27H32FN5O4. The number of hydrogen-bond donors (Lipinski definition) is 2. The number of ether oxygens (including phenoxy) is 1. The van der Waals surface area contributed by atoms with Gasteiger partial charge in [0.05, 0.1) is 37.7 Å². The molecule has 0 radical (unpaired) electrons. The van der Waals surface area contributed by atoms with Crippen molar-refractivity contribution in [3.05, 3.63) is 59.7 Å². The summed E-state index contributed by atoms with van der Waals surface area (Å²) in [5.41, 5.74) is 5.28. The minimum absolute atomic E-state index is 0.0164. The van der Waals surface area contributed by atoms with E-state index in [-0.39, 0.29) is 35.6 Å². The summed E-state index contributed by atoms with van der Waals surface area (Å²) in [6.45, 7) is 0.768. The van der Waals surface area contributed by atoms with Gasteiger partial charge in [-0.05, 0) is 68.9 Å². The van der Waals surface area contributed by atoms with Crippen LogP contribution in [0.3, 0.4) is 0 Å². The van der Waals surface area contributed by atoms with Crippen LogP contribution in [0.25, 0.3) is 5.52 Å². The number of benzene rings is 1.